The van der Waals surface area contributed by atoms with Gasteiger partial charge in [0.2, 0.25) is 11.8 Å². The standard InChI is InChI=1S/C23H22N6O3/c1-13-18-10-21(27-15-8-22(26-14(2)30)28-25-11-15)24-12-19(18)17-6-5-16(9-20(17)32-13)29-7-3-4-23(29)31/h5-6,8-13H,3-4,7H2,1-2H3,(H2,24,26,27,28,30). The molecule has 1 saturated heterocycles. The van der Waals surface area contributed by atoms with Crippen LogP contribution in [0.5, 0.6) is 5.75 Å². The van der Waals surface area contributed by atoms with E-state index in [9.17, 15) is 9.59 Å². The van der Waals surface area contributed by atoms with Crippen LogP contribution in [0, 0.1) is 0 Å². The molecule has 2 aliphatic rings. The third-order valence-corrected chi connectivity index (χ3v) is 5.55. The summed E-state index contributed by atoms with van der Waals surface area (Å²) in [5, 5.41) is 13.6. The number of pyridine rings is 1. The van der Waals surface area contributed by atoms with Gasteiger partial charge in [0.05, 0.1) is 11.9 Å². The monoisotopic (exact) mass is 430 g/mol. The second-order valence-electron chi connectivity index (χ2n) is 7.88. The van der Waals surface area contributed by atoms with E-state index in [1.54, 1.807) is 12.3 Å². The lowest BCUT2D eigenvalue weighted by atomic mass is 9.94. The number of fused-ring (bicyclic) bond motifs is 3. The van der Waals surface area contributed by atoms with Crippen LogP contribution in [0.3, 0.4) is 0 Å². The van der Waals surface area contributed by atoms with Crippen LogP contribution in [-0.4, -0.2) is 33.5 Å². The Morgan fingerprint density at radius 1 is 1.16 bits per heavy atom. The lowest BCUT2D eigenvalue weighted by molar-refractivity contribution is -0.117. The number of amides is 2. The molecule has 0 spiro atoms. The molecule has 9 nitrogen and oxygen atoms in total. The first kappa shape index (κ1) is 19.9. The number of hydrogen-bond donors (Lipinski definition) is 2. The first-order valence-electron chi connectivity index (χ1n) is 10.5. The van der Waals surface area contributed by atoms with Crippen molar-refractivity contribution in [2.24, 2.45) is 0 Å². The van der Waals surface area contributed by atoms with E-state index in [1.807, 2.05) is 42.3 Å². The number of aromatic nitrogens is 3. The summed E-state index contributed by atoms with van der Waals surface area (Å²) in [6, 6.07) is 9.52. The molecule has 2 aromatic heterocycles. The minimum atomic E-state index is -0.217. The van der Waals surface area contributed by atoms with E-state index in [0.29, 0.717) is 23.7 Å². The Kier molecular flexibility index (Phi) is 4.93. The van der Waals surface area contributed by atoms with Crippen LogP contribution in [0.25, 0.3) is 11.1 Å². The maximum absolute atomic E-state index is 12.1. The van der Waals surface area contributed by atoms with Gasteiger partial charge in [0.1, 0.15) is 17.7 Å². The van der Waals surface area contributed by atoms with Crippen molar-refractivity contribution >= 4 is 34.8 Å². The Balaban J connectivity index is 1.43. The molecule has 0 saturated carbocycles. The number of benzene rings is 1. The van der Waals surface area contributed by atoms with Crippen molar-refractivity contribution in [3.05, 3.63) is 48.3 Å². The van der Waals surface area contributed by atoms with Crippen molar-refractivity contribution in [1.82, 2.24) is 15.2 Å². The third kappa shape index (κ3) is 3.73. The summed E-state index contributed by atoms with van der Waals surface area (Å²) in [6.07, 6.45) is 4.67. The molecule has 2 amide bonds. The lowest BCUT2D eigenvalue weighted by Crippen LogP contribution is -2.24. The number of anilines is 4. The molecule has 1 atom stereocenters. The molecule has 5 rings (SSSR count). The average Bonchev–Trinajstić information content (AvgIpc) is 3.19. The lowest BCUT2D eigenvalue weighted by Gasteiger charge is -2.28. The molecule has 3 aromatic rings. The van der Waals surface area contributed by atoms with E-state index in [1.165, 1.54) is 6.92 Å². The van der Waals surface area contributed by atoms with Gasteiger partial charge in [-0.1, -0.05) is 0 Å². The van der Waals surface area contributed by atoms with Gasteiger partial charge >= 0.3 is 0 Å². The largest absolute Gasteiger partial charge is 0.485 e. The van der Waals surface area contributed by atoms with Crippen molar-refractivity contribution in [2.45, 2.75) is 32.8 Å². The molecule has 32 heavy (non-hydrogen) atoms. The van der Waals surface area contributed by atoms with Gasteiger partial charge in [0, 0.05) is 60.6 Å². The summed E-state index contributed by atoms with van der Waals surface area (Å²) in [7, 11) is 0. The normalized spacial score (nSPS) is 16.8. The molecular weight excluding hydrogens is 408 g/mol. The number of ether oxygens (including phenoxy) is 1. The van der Waals surface area contributed by atoms with Crippen LogP contribution >= 0.6 is 0 Å². The van der Waals surface area contributed by atoms with Crippen molar-refractivity contribution in [1.29, 1.82) is 0 Å². The van der Waals surface area contributed by atoms with E-state index < -0.39 is 0 Å². The van der Waals surface area contributed by atoms with Crippen LogP contribution in [0.15, 0.2) is 42.7 Å². The summed E-state index contributed by atoms with van der Waals surface area (Å²) in [6.45, 7) is 4.15. The Bertz CT molecular complexity index is 1230. The Hall–Kier alpha value is -4.01. The Morgan fingerprint density at radius 3 is 2.81 bits per heavy atom. The molecule has 1 aromatic carbocycles. The first-order chi connectivity index (χ1) is 15.5. The highest BCUT2D eigenvalue weighted by Gasteiger charge is 2.27. The second-order valence-corrected chi connectivity index (χ2v) is 7.88. The van der Waals surface area contributed by atoms with E-state index >= 15 is 0 Å². The van der Waals surface area contributed by atoms with Gasteiger partial charge in [-0.3, -0.25) is 9.59 Å². The molecule has 2 aliphatic heterocycles. The zero-order valence-corrected chi connectivity index (χ0v) is 17.8. The summed E-state index contributed by atoms with van der Waals surface area (Å²) >= 11 is 0. The average molecular weight is 430 g/mol. The van der Waals surface area contributed by atoms with Gasteiger partial charge in [-0.2, -0.15) is 5.10 Å². The molecule has 1 fully saturated rings. The number of nitrogens with one attached hydrogen (secondary N) is 2. The molecule has 162 valence electrons. The Labute approximate surface area is 184 Å². The first-order valence-corrected chi connectivity index (χ1v) is 10.5. The van der Waals surface area contributed by atoms with Crippen molar-refractivity contribution < 1.29 is 14.3 Å². The van der Waals surface area contributed by atoms with Crippen molar-refractivity contribution in [3.63, 3.8) is 0 Å². The smallest absolute Gasteiger partial charge is 0.227 e. The fourth-order valence-electron chi connectivity index (χ4n) is 4.10. The zero-order valence-electron chi connectivity index (χ0n) is 17.8. The highest BCUT2D eigenvalue weighted by Crippen LogP contribution is 2.44. The van der Waals surface area contributed by atoms with Crippen LogP contribution in [-0.2, 0) is 9.59 Å². The van der Waals surface area contributed by atoms with E-state index in [4.69, 9.17) is 4.74 Å². The molecule has 1 unspecified atom stereocenters. The molecule has 0 bridgehead atoms. The maximum Gasteiger partial charge on any atom is 0.227 e. The van der Waals surface area contributed by atoms with Crippen molar-refractivity contribution in [2.75, 3.05) is 22.1 Å². The SMILES string of the molecule is CC(=O)Nc1cc(Nc2cc3c(cn2)-c2ccc(N4CCCC4=O)cc2OC3C)cnn1. The van der Waals surface area contributed by atoms with Crippen LogP contribution in [0.2, 0.25) is 0 Å². The summed E-state index contributed by atoms with van der Waals surface area (Å²) in [5.41, 5.74) is 4.47. The van der Waals surface area contributed by atoms with Gasteiger partial charge in [-0.15, -0.1) is 5.10 Å². The van der Waals surface area contributed by atoms with E-state index in [-0.39, 0.29) is 17.9 Å². The highest BCUT2D eigenvalue weighted by atomic mass is 16.5. The van der Waals surface area contributed by atoms with Crippen LogP contribution in [0.1, 0.15) is 38.4 Å². The molecule has 2 N–H and O–H groups in total. The minimum absolute atomic E-state index is 0.152. The minimum Gasteiger partial charge on any atom is -0.485 e. The van der Waals surface area contributed by atoms with E-state index in [0.717, 1.165) is 41.1 Å². The second kappa shape index (κ2) is 7.92. The molecular formula is C23H22N6O3. The quantitative estimate of drug-likeness (QED) is 0.647. The number of hydrogen-bond acceptors (Lipinski definition) is 7. The van der Waals surface area contributed by atoms with Gasteiger partial charge in [-0.05, 0) is 31.5 Å². The third-order valence-electron chi connectivity index (χ3n) is 5.55. The number of rotatable bonds is 4. The number of nitrogens with zero attached hydrogens (tertiary/aromatic N) is 4. The predicted octanol–water partition coefficient (Wildman–Crippen LogP) is 3.82. The van der Waals surface area contributed by atoms with E-state index in [2.05, 4.69) is 25.8 Å². The fraction of sp³-hybridized carbons (Fsp3) is 0.261. The number of carbonyl (C=O) groups excluding carboxylic acids is 2. The summed E-state index contributed by atoms with van der Waals surface area (Å²) < 4.78 is 6.20. The molecule has 0 radical (unpaired) electrons. The summed E-state index contributed by atoms with van der Waals surface area (Å²) in [4.78, 5) is 29.7. The van der Waals surface area contributed by atoms with Crippen LogP contribution < -0.4 is 20.3 Å². The van der Waals surface area contributed by atoms with Gasteiger partial charge < -0.3 is 20.3 Å². The number of carbonyl (C=O) groups is 2. The van der Waals surface area contributed by atoms with Gasteiger partial charge in [0.25, 0.3) is 0 Å². The predicted molar refractivity (Wildman–Crippen MR) is 120 cm³/mol. The highest BCUT2D eigenvalue weighted by molar-refractivity contribution is 5.96. The molecule has 4 heterocycles. The maximum atomic E-state index is 12.1. The fourth-order valence-corrected chi connectivity index (χ4v) is 4.10. The summed E-state index contributed by atoms with van der Waals surface area (Å²) in [5.74, 6) is 1.68. The topological polar surface area (TPSA) is 109 Å². The van der Waals surface area contributed by atoms with Crippen molar-refractivity contribution in [3.8, 4) is 16.9 Å². The van der Waals surface area contributed by atoms with Crippen LogP contribution in [0.4, 0.5) is 23.0 Å². The molecule has 9 heteroatoms. The Morgan fingerprint density at radius 2 is 2.03 bits per heavy atom. The van der Waals surface area contributed by atoms with Gasteiger partial charge in [-0.25, -0.2) is 4.98 Å². The molecule has 0 aliphatic carbocycles. The zero-order chi connectivity index (χ0) is 22.2. The van der Waals surface area contributed by atoms with Gasteiger partial charge in [0.15, 0.2) is 5.82 Å².